The van der Waals surface area contributed by atoms with Gasteiger partial charge in [0.1, 0.15) is 12.2 Å². The summed E-state index contributed by atoms with van der Waals surface area (Å²) >= 11 is 0. The normalized spacial score (nSPS) is 25.0. The van der Waals surface area contributed by atoms with Crippen molar-refractivity contribution in [1.82, 2.24) is 0 Å². The zero-order valence-electron chi connectivity index (χ0n) is 44.1. The molecule has 2 N–H and O–H groups in total. The maximum Gasteiger partial charge on any atom is 0.335 e. The Morgan fingerprint density at radius 3 is 2.09 bits per heavy atom. The van der Waals surface area contributed by atoms with E-state index >= 15 is 0 Å². The molecule has 22 heteroatoms. The van der Waals surface area contributed by atoms with Crippen LogP contribution in [0.4, 0.5) is 11.4 Å². The van der Waals surface area contributed by atoms with Crippen LogP contribution in [-0.4, -0.2) is 134 Å². The third kappa shape index (κ3) is 15.0. The van der Waals surface area contributed by atoms with E-state index < -0.39 is 115 Å². The van der Waals surface area contributed by atoms with E-state index in [1.54, 1.807) is 45.9 Å². The lowest BCUT2D eigenvalue weighted by atomic mass is 9.79. The molecule has 0 aliphatic carbocycles. The molecule has 21 nitrogen and oxygen atoms in total. The fourth-order valence-corrected chi connectivity index (χ4v) is 12.3. The van der Waals surface area contributed by atoms with Gasteiger partial charge in [0.15, 0.2) is 9.84 Å². The third-order valence-corrected chi connectivity index (χ3v) is 16.3. The lowest BCUT2D eigenvalue weighted by molar-refractivity contribution is -0.385. The molecule has 77 heavy (non-hydrogen) atoms. The van der Waals surface area contributed by atoms with E-state index in [1.165, 1.54) is 26.4 Å². The number of ether oxygens (including phenoxy) is 7. The zero-order chi connectivity index (χ0) is 56.6. The maximum absolute atomic E-state index is 14.4. The average molecular weight is 1090 g/mol. The molecule has 3 aliphatic heterocycles. The van der Waals surface area contributed by atoms with Crippen molar-refractivity contribution < 1.29 is 80.8 Å². The summed E-state index contributed by atoms with van der Waals surface area (Å²) < 4.78 is 71.6. The number of benzene rings is 3. The van der Waals surface area contributed by atoms with Gasteiger partial charge < -0.3 is 43.4 Å². The molecule has 0 unspecified atom stereocenters. The van der Waals surface area contributed by atoms with E-state index in [0.717, 1.165) is 42.0 Å². The highest BCUT2D eigenvalue weighted by atomic mass is 32.2. The van der Waals surface area contributed by atoms with Gasteiger partial charge in [0, 0.05) is 57.2 Å². The smallest absolute Gasteiger partial charge is 0.335 e. The minimum Gasteiger partial charge on any atom is -0.478 e. The number of aromatic carboxylic acids is 2. The largest absolute Gasteiger partial charge is 0.478 e. The van der Waals surface area contributed by atoms with Crippen LogP contribution < -0.4 is 0 Å². The summed E-state index contributed by atoms with van der Waals surface area (Å²) in [6.45, 7) is 15.6. The highest BCUT2D eigenvalue weighted by Gasteiger charge is 2.52. The molecule has 0 bridgehead atoms. The molecule has 3 aromatic rings. The van der Waals surface area contributed by atoms with E-state index in [2.05, 4.69) is 13.2 Å². The predicted molar refractivity (Wildman–Crippen MR) is 277 cm³/mol. The summed E-state index contributed by atoms with van der Waals surface area (Å²) in [4.78, 5) is 73.6. The first kappa shape index (κ1) is 59.8. The number of non-ortho nitro benzene ring substituents is 2. The fraction of sp³-hybridized carbons (Fsp3) is 0.527. The van der Waals surface area contributed by atoms with Crippen molar-refractivity contribution >= 4 is 45.1 Å². The van der Waals surface area contributed by atoms with Gasteiger partial charge in [0.05, 0.1) is 86.4 Å². The molecule has 3 fully saturated rings. The topological polar surface area (TPSA) is 294 Å². The predicted octanol–water partition coefficient (Wildman–Crippen LogP) is 8.40. The lowest BCUT2D eigenvalue weighted by Crippen LogP contribution is -2.50. The third-order valence-electron chi connectivity index (χ3n) is 14.5. The number of hydrogen-bond donors (Lipinski definition) is 2. The molecule has 3 aromatic carbocycles. The Hall–Kier alpha value is -6.43. The van der Waals surface area contributed by atoms with Crippen LogP contribution in [0.5, 0.6) is 0 Å². The highest BCUT2D eigenvalue weighted by Crippen LogP contribution is 2.46. The average Bonchev–Trinajstić information content (AvgIpc) is 3.89. The summed E-state index contributed by atoms with van der Waals surface area (Å²) in [6, 6.07) is 13.8. The van der Waals surface area contributed by atoms with E-state index in [9.17, 15) is 58.0 Å². The SMILES string of the molecule is C=C1C[C@H](CCCOC(=O)C(C)(C)C)O[C@H]1CC[C@H]1C[C@@](C)(OC(=O)COC)C(=C)[C@@H](C[C@@H]2O[C@H](C[C@H](Cc3cc([N+](=O)[O-])ccc3C(=O)O)c3cc([N+](=O)[O-])ccc3C(=O)O)[C@H](OC)[C@H]2CS(=O)(=O)c2ccccc2)O1. The molecule has 0 spiro atoms. The van der Waals surface area contributed by atoms with Crippen LogP contribution >= 0.6 is 0 Å². The molecule has 3 aliphatic rings. The molecule has 0 saturated carbocycles. The number of nitro groups is 2. The van der Waals surface area contributed by atoms with Crippen LogP contribution in [0.3, 0.4) is 0 Å². The van der Waals surface area contributed by atoms with Crippen molar-refractivity contribution in [2.24, 2.45) is 11.3 Å². The van der Waals surface area contributed by atoms with Gasteiger partial charge in [-0.2, -0.15) is 0 Å². The van der Waals surface area contributed by atoms with Gasteiger partial charge in [-0.1, -0.05) is 31.4 Å². The number of esters is 2. The van der Waals surface area contributed by atoms with Crippen LogP contribution in [0.15, 0.2) is 95.9 Å². The standard InChI is InChI=1S/C55H68N2O19S/c1-32-23-38(13-12-22-72-53(63)54(3,4)5)73-45(32)21-18-39-29-55(6,76-49(58)30-70-7)33(2)46(74-39)28-47-44(31-77(68,69)40-14-10-9-11-15-40)50(71-8)48(75-47)26-35(43-27-37(57(66)67)17-20-42(43)52(61)62)24-34-25-36(56(64)65)16-19-41(34)51(59)60/h9-11,14-17,19-20,25,27,35,38-39,44-48,50H,1-2,12-13,18,21-24,26,28-31H2,3-8H3,(H,59,60)(H,61,62)/t35-,38-,39-,44-,45-,46+,47-,48+,50+,55+/m0/s1. The van der Waals surface area contributed by atoms with Gasteiger partial charge in [0.2, 0.25) is 0 Å². The molecule has 6 rings (SSSR count). The number of methoxy groups -OCH3 is 2. The second kappa shape index (κ2) is 25.4. The Morgan fingerprint density at radius 1 is 0.844 bits per heavy atom. The summed E-state index contributed by atoms with van der Waals surface area (Å²) in [5.74, 6) is -6.62. The van der Waals surface area contributed by atoms with E-state index in [0.29, 0.717) is 37.7 Å². The Kier molecular flexibility index (Phi) is 19.7. The first-order valence-corrected chi connectivity index (χ1v) is 26.9. The molecule has 10 atom stereocenters. The van der Waals surface area contributed by atoms with Gasteiger partial charge in [-0.15, -0.1) is 0 Å². The van der Waals surface area contributed by atoms with Gasteiger partial charge in [0.25, 0.3) is 11.4 Å². The van der Waals surface area contributed by atoms with Crippen LogP contribution in [-0.2, 0) is 59.0 Å². The number of hydrogen-bond acceptors (Lipinski definition) is 17. The number of carbonyl (C=O) groups excluding carboxylic acids is 2. The van der Waals surface area contributed by atoms with E-state index in [4.69, 9.17) is 33.2 Å². The van der Waals surface area contributed by atoms with Gasteiger partial charge in [-0.25, -0.2) is 22.8 Å². The minimum atomic E-state index is -4.12. The molecule has 3 saturated heterocycles. The molecule has 0 radical (unpaired) electrons. The van der Waals surface area contributed by atoms with Crippen molar-refractivity contribution in [3.8, 4) is 0 Å². The van der Waals surface area contributed by atoms with E-state index in [1.807, 2.05) is 0 Å². The zero-order valence-corrected chi connectivity index (χ0v) is 44.9. The number of carboxylic acid groups (broad SMARTS) is 2. The monoisotopic (exact) mass is 1090 g/mol. The highest BCUT2D eigenvalue weighted by molar-refractivity contribution is 7.91. The number of nitro benzene ring substituents is 2. The second-order valence-corrected chi connectivity index (χ2v) is 23.1. The van der Waals surface area contributed by atoms with Crippen molar-refractivity contribution in [1.29, 1.82) is 0 Å². The number of nitrogens with zero attached hydrogens (tertiary/aromatic N) is 2. The second-order valence-electron chi connectivity index (χ2n) is 21.1. The first-order valence-electron chi connectivity index (χ1n) is 25.3. The lowest BCUT2D eigenvalue weighted by Gasteiger charge is -2.45. The number of carboxylic acids is 2. The van der Waals surface area contributed by atoms with Crippen LogP contribution in [0.2, 0.25) is 0 Å². The molecular weight excluding hydrogens is 1020 g/mol. The van der Waals surface area contributed by atoms with E-state index in [-0.39, 0.29) is 77.8 Å². The Labute approximate surface area is 447 Å². The fourth-order valence-electron chi connectivity index (χ4n) is 10.6. The van der Waals surface area contributed by atoms with Crippen LogP contribution in [0.25, 0.3) is 0 Å². The van der Waals surface area contributed by atoms with Gasteiger partial charge >= 0.3 is 23.9 Å². The quantitative estimate of drug-likeness (QED) is 0.0264. The Balaban J connectivity index is 1.35. The van der Waals surface area contributed by atoms with Gasteiger partial charge in [-0.05, 0) is 125 Å². The van der Waals surface area contributed by atoms with Crippen molar-refractivity contribution in [2.45, 2.75) is 145 Å². The Morgan fingerprint density at radius 2 is 1.48 bits per heavy atom. The Bertz CT molecular complexity index is 2810. The summed E-state index contributed by atoms with van der Waals surface area (Å²) in [5, 5.41) is 44.8. The minimum absolute atomic E-state index is 0.00227. The van der Waals surface area contributed by atoms with Crippen molar-refractivity contribution in [3.63, 3.8) is 0 Å². The molecule has 418 valence electrons. The first-order chi connectivity index (χ1) is 36.2. The van der Waals surface area contributed by atoms with Crippen molar-refractivity contribution in [2.75, 3.05) is 33.2 Å². The number of rotatable bonds is 25. The molecule has 3 heterocycles. The number of carbonyl (C=O) groups is 4. The summed E-state index contributed by atoms with van der Waals surface area (Å²) in [7, 11) is -1.44. The molecular formula is C55H68N2O19S. The van der Waals surface area contributed by atoms with Crippen molar-refractivity contribution in [3.05, 3.63) is 134 Å². The summed E-state index contributed by atoms with van der Waals surface area (Å²) in [6.07, 6.45) is -3.20. The van der Waals surface area contributed by atoms with Crippen LogP contribution in [0, 0.1) is 31.6 Å². The molecule has 0 aromatic heterocycles. The maximum atomic E-state index is 14.4. The van der Waals surface area contributed by atoms with Crippen LogP contribution in [0.1, 0.15) is 117 Å². The summed E-state index contributed by atoms with van der Waals surface area (Å²) in [5.41, 5.74) is -2.64. The number of sulfone groups is 1. The molecule has 0 amide bonds. The van der Waals surface area contributed by atoms with Gasteiger partial charge in [-0.3, -0.25) is 25.0 Å².